The molecule has 2 aromatic carbocycles. The van der Waals surface area contributed by atoms with Gasteiger partial charge in [-0.1, -0.05) is 82.7 Å². The lowest BCUT2D eigenvalue weighted by Crippen LogP contribution is -2.21. The van der Waals surface area contributed by atoms with Gasteiger partial charge in [-0.25, -0.2) is 4.39 Å². The average Bonchev–Trinajstić information content (AvgIpc) is 2.98. The Morgan fingerprint density at radius 3 is 2.13 bits per heavy atom. The fourth-order valence-corrected chi connectivity index (χ4v) is 3.88. The Balaban J connectivity index is 0.000000880. The molecule has 3 aromatic rings. The van der Waals surface area contributed by atoms with Crippen molar-refractivity contribution in [3.8, 4) is 11.3 Å². The van der Waals surface area contributed by atoms with E-state index in [9.17, 15) is 4.39 Å². The second-order valence-corrected chi connectivity index (χ2v) is 8.52. The fraction of sp³-hybridized carbons (Fsp3) is 0.441. The molecule has 0 saturated carbocycles. The Morgan fingerprint density at radius 1 is 0.921 bits per heavy atom. The molecule has 3 nitrogen and oxygen atoms in total. The van der Waals surface area contributed by atoms with Crippen LogP contribution < -0.4 is 11.1 Å². The topological polar surface area (TPSA) is 50.9 Å². The van der Waals surface area contributed by atoms with E-state index in [0.717, 1.165) is 47.3 Å². The summed E-state index contributed by atoms with van der Waals surface area (Å²) in [6, 6.07) is 19.1. The first-order valence-electron chi connectivity index (χ1n) is 14.4. The van der Waals surface area contributed by atoms with Gasteiger partial charge in [-0.05, 0) is 93.9 Å². The standard InChI is InChI=1S/C22H23FN2.C5H11N.C3H6.2C2H6/c1-16-12-13-22(20-10-3-2-8-18(20)15-24)25-21(16)11-5-7-17-6-4-9-19(23)14-17;1-2-4-6-5-3-1;1-3-2;2*1-2/h2-4,6,8-10,12-14H,5,7,11,15,24H2,1H3;6H,1-5H2;3H,1H2,2H3;2*1-2H3. The van der Waals surface area contributed by atoms with Crippen LogP contribution in [0.4, 0.5) is 4.39 Å². The maximum absolute atomic E-state index is 13.3. The first-order valence-corrected chi connectivity index (χ1v) is 14.4. The first-order chi connectivity index (χ1) is 18.6. The number of halogens is 1. The van der Waals surface area contributed by atoms with Gasteiger partial charge < -0.3 is 11.1 Å². The molecule has 1 aliphatic rings. The number of pyridine rings is 1. The second kappa shape index (κ2) is 23.3. The lowest BCUT2D eigenvalue weighted by atomic mass is 10.0. The van der Waals surface area contributed by atoms with Crippen LogP contribution in [0, 0.1) is 12.7 Å². The van der Waals surface area contributed by atoms with Crippen molar-refractivity contribution < 1.29 is 4.39 Å². The first kappa shape index (κ1) is 35.2. The molecule has 0 aliphatic carbocycles. The maximum Gasteiger partial charge on any atom is 0.123 e. The lowest BCUT2D eigenvalue weighted by molar-refractivity contribution is 0.520. The van der Waals surface area contributed by atoms with Gasteiger partial charge in [0, 0.05) is 17.8 Å². The third kappa shape index (κ3) is 14.2. The van der Waals surface area contributed by atoms with Crippen molar-refractivity contribution in [2.24, 2.45) is 5.73 Å². The van der Waals surface area contributed by atoms with Crippen LogP contribution >= 0.6 is 0 Å². The highest BCUT2D eigenvalue weighted by Gasteiger charge is 2.08. The van der Waals surface area contributed by atoms with E-state index in [1.165, 1.54) is 44.0 Å². The molecule has 210 valence electrons. The minimum absolute atomic E-state index is 0.174. The molecule has 2 heterocycles. The van der Waals surface area contributed by atoms with Crippen LogP contribution in [-0.2, 0) is 19.4 Å². The van der Waals surface area contributed by atoms with E-state index >= 15 is 0 Å². The van der Waals surface area contributed by atoms with Crippen LogP contribution in [0.1, 0.15) is 82.7 Å². The summed E-state index contributed by atoms with van der Waals surface area (Å²) in [5.74, 6) is -0.174. The Kier molecular flexibility index (Phi) is 21.6. The normalized spacial score (nSPS) is 11.6. The Hall–Kier alpha value is -2.82. The molecule has 0 amide bonds. The van der Waals surface area contributed by atoms with E-state index in [0.29, 0.717) is 6.54 Å². The maximum atomic E-state index is 13.3. The van der Waals surface area contributed by atoms with E-state index in [2.05, 4.69) is 37.0 Å². The zero-order valence-electron chi connectivity index (χ0n) is 24.8. The summed E-state index contributed by atoms with van der Waals surface area (Å²) in [5.41, 5.74) is 12.3. The number of aromatic nitrogens is 1. The van der Waals surface area contributed by atoms with Crippen LogP contribution in [0.15, 0.2) is 73.3 Å². The molecule has 0 radical (unpaired) electrons. The van der Waals surface area contributed by atoms with Gasteiger partial charge in [-0.15, -0.1) is 6.58 Å². The third-order valence-corrected chi connectivity index (χ3v) is 5.69. The summed E-state index contributed by atoms with van der Waals surface area (Å²) in [6.45, 7) is 18.3. The number of hydrogen-bond donors (Lipinski definition) is 2. The number of nitrogens with zero attached hydrogens (tertiary/aromatic N) is 1. The van der Waals surface area contributed by atoms with Crippen molar-refractivity contribution in [1.29, 1.82) is 0 Å². The number of allylic oxidation sites excluding steroid dienone is 1. The number of nitrogens with two attached hydrogens (primary N) is 1. The molecule has 1 fully saturated rings. The number of rotatable bonds is 6. The highest BCUT2D eigenvalue weighted by molar-refractivity contribution is 5.64. The van der Waals surface area contributed by atoms with Gasteiger partial charge in [0.2, 0.25) is 0 Å². The minimum Gasteiger partial charge on any atom is -0.326 e. The van der Waals surface area contributed by atoms with Crippen LogP contribution in [0.2, 0.25) is 0 Å². The number of hydrogen-bond acceptors (Lipinski definition) is 3. The molecule has 38 heavy (non-hydrogen) atoms. The van der Waals surface area contributed by atoms with Crippen LogP contribution in [0.25, 0.3) is 11.3 Å². The summed E-state index contributed by atoms with van der Waals surface area (Å²) < 4.78 is 13.3. The molecular weight excluding hydrogens is 469 g/mol. The Bertz CT molecular complexity index is 985. The number of benzene rings is 2. The van der Waals surface area contributed by atoms with Crippen molar-refractivity contribution in [1.82, 2.24) is 10.3 Å². The molecule has 4 heteroatoms. The van der Waals surface area contributed by atoms with E-state index in [4.69, 9.17) is 10.7 Å². The molecule has 0 bridgehead atoms. The Labute approximate surface area is 232 Å². The SMILES string of the molecule is C1CCNCC1.C=CC.CC.CC.Cc1ccc(-c2ccccc2CN)nc1CCCc1cccc(F)c1. The summed E-state index contributed by atoms with van der Waals surface area (Å²) in [4.78, 5) is 4.87. The second-order valence-electron chi connectivity index (χ2n) is 8.52. The zero-order valence-corrected chi connectivity index (χ0v) is 24.8. The summed E-state index contributed by atoms with van der Waals surface area (Å²) in [5, 5.41) is 3.28. The molecule has 1 aliphatic heterocycles. The van der Waals surface area contributed by atoms with E-state index in [1.54, 1.807) is 18.2 Å². The van der Waals surface area contributed by atoms with Gasteiger partial charge in [-0.3, -0.25) is 4.98 Å². The summed E-state index contributed by atoms with van der Waals surface area (Å²) >= 11 is 0. The number of piperidine rings is 1. The molecule has 4 rings (SSSR count). The van der Waals surface area contributed by atoms with Gasteiger partial charge >= 0.3 is 0 Å². The number of nitrogens with one attached hydrogen (secondary N) is 1. The third-order valence-electron chi connectivity index (χ3n) is 5.69. The smallest absolute Gasteiger partial charge is 0.123 e. The highest BCUT2D eigenvalue weighted by atomic mass is 19.1. The molecule has 1 aromatic heterocycles. The van der Waals surface area contributed by atoms with Gasteiger partial charge in [0.25, 0.3) is 0 Å². The Morgan fingerprint density at radius 2 is 1.58 bits per heavy atom. The van der Waals surface area contributed by atoms with Crippen molar-refractivity contribution in [3.63, 3.8) is 0 Å². The molecule has 0 atom stereocenters. The predicted molar refractivity (Wildman–Crippen MR) is 166 cm³/mol. The largest absolute Gasteiger partial charge is 0.326 e. The van der Waals surface area contributed by atoms with E-state index in [1.807, 2.05) is 58.9 Å². The lowest BCUT2D eigenvalue weighted by Gasteiger charge is -2.11. The van der Waals surface area contributed by atoms with Crippen molar-refractivity contribution in [2.45, 2.75) is 86.6 Å². The molecule has 1 saturated heterocycles. The quantitative estimate of drug-likeness (QED) is 0.319. The van der Waals surface area contributed by atoms with Crippen LogP contribution in [0.3, 0.4) is 0 Å². The zero-order chi connectivity index (χ0) is 28.6. The predicted octanol–water partition coefficient (Wildman–Crippen LogP) is 8.83. The average molecular weight is 522 g/mol. The van der Waals surface area contributed by atoms with Gasteiger partial charge in [0.15, 0.2) is 0 Å². The molecule has 0 unspecified atom stereocenters. The molecular formula is C34H52FN3. The van der Waals surface area contributed by atoms with Gasteiger partial charge in [0.05, 0.1) is 5.69 Å². The number of aryl methyl sites for hydroxylation is 3. The van der Waals surface area contributed by atoms with Crippen LogP contribution in [0.5, 0.6) is 0 Å². The summed E-state index contributed by atoms with van der Waals surface area (Å²) in [7, 11) is 0. The van der Waals surface area contributed by atoms with Crippen molar-refractivity contribution >= 4 is 0 Å². The van der Waals surface area contributed by atoms with Gasteiger partial charge in [-0.2, -0.15) is 0 Å². The van der Waals surface area contributed by atoms with Gasteiger partial charge in [0.1, 0.15) is 5.82 Å². The van der Waals surface area contributed by atoms with Crippen LogP contribution in [-0.4, -0.2) is 18.1 Å². The highest BCUT2D eigenvalue weighted by Crippen LogP contribution is 2.23. The minimum atomic E-state index is -0.174. The van der Waals surface area contributed by atoms with Crippen molar-refractivity contribution in [2.75, 3.05) is 13.1 Å². The monoisotopic (exact) mass is 521 g/mol. The summed E-state index contributed by atoms with van der Waals surface area (Å²) in [6.07, 6.45) is 8.63. The molecule has 0 spiro atoms. The molecule has 3 N–H and O–H groups in total. The van der Waals surface area contributed by atoms with Crippen molar-refractivity contribution in [3.05, 3.63) is 102 Å². The van der Waals surface area contributed by atoms with E-state index < -0.39 is 0 Å². The fourth-order valence-electron chi connectivity index (χ4n) is 3.88. The van der Waals surface area contributed by atoms with E-state index in [-0.39, 0.29) is 5.82 Å².